The van der Waals surface area contributed by atoms with Crippen molar-refractivity contribution >= 4 is 17.8 Å². The van der Waals surface area contributed by atoms with Crippen molar-refractivity contribution < 1.29 is 19.1 Å². The van der Waals surface area contributed by atoms with Crippen molar-refractivity contribution in [1.82, 2.24) is 14.9 Å². The van der Waals surface area contributed by atoms with Gasteiger partial charge in [0.1, 0.15) is 13.2 Å². The summed E-state index contributed by atoms with van der Waals surface area (Å²) in [6.45, 7) is 2.36. The summed E-state index contributed by atoms with van der Waals surface area (Å²) in [7, 11) is 1.52. The van der Waals surface area contributed by atoms with Crippen LogP contribution in [0.1, 0.15) is 24.5 Å². The van der Waals surface area contributed by atoms with Crippen LogP contribution >= 0.6 is 0 Å². The summed E-state index contributed by atoms with van der Waals surface area (Å²) >= 11 is 0. The Bertz CT molecular complexity index is 577. The molecule has 0 bridgehead atoms. The molecule has 3 heterocycles. The number of rotatable bonds is 4. The van der Waals surface area contributed by atoms with Gasteiger partial charge in [0.2, 0.25) is 5.91 Å². The van der Waals surface area contributed by atoms with Gasteiger partial charge in [-0.1, -0.05) is 0 Å². The van der Waals surface area contributed by atoms with Crippen LogP contribution in [0, 0.1) is 0 Å². The monoisotopic (exact) mass is 320 g/mol. The Kier molecular flexibility index (Phi) is 4.71. The number of carbonyl (C=O) groups excluding carboxylic acids is 2. The number of cyclic esters (lactones) is 1. The standard InChI is InChI=1S/C15H20N4O4/c1-22-10-14(20)18-4-2-3-11(9-18)12-7-17-13(8-16-12)19-5-6-23-15(19)21/h7-8,11H,2-6,9-10H2,1H3. The Balaban J connectivity index is 1.67. The lowest BCUT2D eigenvalue weighted by molar-refractivity contribution is -0.136. The second-order valence-electron chi connectivity index (χ2n) is 5.68. The number of nitrogens with zero attached hydrogens (tertiary/aromatic N) is 4. The zero-order chi connectivity index (χ0) is 16.2. The summed E-state index contributed by atoms with van der Waals surface area (Å²) in [6.07, 6.45) is 4.80. The van der Waals surface area contributed by atoms with Crippen molar-refractivity contribution in [2.75, 3.05) is 44.9 Å². The molecule has 2 fully saturated rings. The Morgan fingerprint density at radius 3 is 2.91 bits per heavy atom. The van der Waals surface area contributed by atoms with E-state index in [1.165, 1.54) is 12.0 Å². The molecule has 0 aliphatic carbocycles. The Morgan fingerprint density at radius 2 is 2.26 bits per heavy atom. The van der Waals surface area contributed by atoms with Gasteiger partial charge in [0.15, 0.2) is 5.82 Å². The molecule has 0 N–H and O–H groups in total. The topological polar surface area (TPSA) is 84.9 Å². The molecule has 1 aromatic rings. The van der Waals surface area contributed by atoms with Gasteiger partial charge in [-0.3, -0.25) is 14.7 Å². The largest absolute Gasteiger partial charge is 0.447 e. The highest BCUT2D eigenvalue weighted by Crippen LogP contribution is 2.26. The van der Waals surface area contributed by atoms with Crippen LogP contribution < -0.4 is 4.90 Å². The smallest absolute Gasteiger partial charge is 0.415 e. The lowest BCUT2D eigenvalue weighted by Gasteiger charge is -2.32. The Morgan fingerprint density at radius 1 is 1.39 bits per heavy atom. The number of methoxy groups -OCH3 is 1. The van der Waals surface area contributed by atoms with Crippen molar-refractivity contribution in [3.05, 3.63) is 18.1 Å². The first-order valence-electron chi connectivity index (χ1n) is 7.72. The average molecular weight is 320 g/mol. The van der Waals surface area contributed by atoms with Gasteiger partial charge in [0.25, 0.3) is 0 Å². The van der Waals surface area contributed by atoms with Gasteiger partial charge in [-0.15, -0.1) is 0 Å². The quantitative estimate of drug-likeness (QED) is 0.815. The molecular formula is C15H20N4O4. The molecule has 0 saturated carbocycles. The van der Waals surface area contributed by atoms with E-state index in [0.29, 0.717) is 25.5 Å². The predicted molar refractivity (Wildman–Crippen MR) is 81.2 cm³/mol. The second kappa shape index (κ2) is 6.91. The van der Waals surface area contributed by atoms with Crippen LogP contribution in [-0.4, -0.2) is 66.8 Å². The zero-order valence-electron chi connectivity index (χ0n) is 13.1. The van der Waals surface area contributed by atoms with E-state index in [1.54, 1.807) is 12.4 Å². The van der Waals surface area contributed by atoms with Crippen LogP contribution in [0.25, 0.3) is 0 Å². The van der Waals surface area contributed by atoms with E-state index in [0.717, 1.165) is 25.1 Å². The van der Waals surface area contributed by atoms with Gasteiger partial charge in [-0.05, 0) is 12.8 Å². The first-order valence-corrected chi connectivity index (χ1v) is 7.72. The zero-order valence-corrected chi connectivity index (χ0v) is 13.1. The third kappa shape index (κ3) is 3.42. The van der Waals surface area contributed by atoms with Gasteiger partial charge >= 0.3 is 6.09 Å². The Hall–Kier alpha value is -2.22. The van der Waals surface area contributed by atoms with Crippen molar-refractivity contribution in [2.45, 2.75) is 18.8 Å². The van der Waals surface area contributed by atoms with E-state index in [9.17, 15) is 9.59 Å². The number of carbonyl (C=O) groups is 2. The number of piperidine rings is 1. The minimum atomic E-state index is -0.388. The third-order valence-corrected chi connectivity index (χ3v) is 4.16. The number of anilines is 1. The number of aromatic nitrogens is 2. The van der Waals surface area contributed by atoms with Crippen LogP contribution in [0.2, 0.25) is 0 Å². The summed E-state index contributed by atoms with van der Waals surface area (Å²) in [4.78, 5) is 35.5. The number of likely N-dealkylation sites (tertiary alicyclic amines) is 1. The normalized spacial score (nSPS) is 21.4. The molecule has 8 heteroatoms. The molecule has 1 atom stereocenters. The highest BCUT2D eigenvalue weighted by molar-refractivity contribution is 5.87. The van der Waals surface area contributed by atoms with E-state index < -0.39 is 0 Å². The number of hydrogen-bond acceptors (Lipinski definition) is 6. The number of ether oxygens (including phenoxy) is 2. The van der Waals surface area contributed by atoms with E-state index in [4.69, 9.17) is 9.47 Å². The first-order chi connectivity index (χ1) is 11.2. The molecule has 0 aromatic carbocycles. The molecule has 2 amide bonds. The van der Waals surface area contributed by atoms with Crippen LogP contribution in [0.15, 0.2) is 12.4 Å². The minimum Gasteiger partial charge on any atom is -0.447 e. The molecule has 1 unspecified atom stereocenters. The summed E-state index contributed by atoms with van der Waals surface area (Å²) in [5, 5.41) is 0. The van der Waals surface area contributed by atoms with Gasteiger partial charge in [0, 0.05) is 26.1 Å². The molecule has 3 rings (SSSR count). The highest BCUT2D eigenvalue weighted by atomic mass is 16.6. The molecular weight excluding hydrogens is 300 g/mol. The fourth-order valence-electron chi connectivity index (χ4n) is 2.94. The van der Waals surface area contributed by atoms with Crippen LogP contribution in [0.4, 0.5) is 10.6 Å². The lowest BCUT2D eigenvalue weighted by Crippen LogP contribution is -2.41. The van der Waals surface area contributed by atoms with E-state index in [-0.39, 0.29) is 24.5 Å². The van der Waals surface area contributed by atoms with Crippen LogP contribution in [0.5, 0.6) is 0 Å². The molecule has 1 aromatic heterocycles. The van der Waals surface area contributed by atoms with E-state index in [2.05, 4.69) is 9.97 Å². The number of hydrogen-bond donors (Lipinski definition) is 0. The summed E-state index contributed by atoms with van der Waals surface area (Å²) in [5.41, 5.74) is 0.844. The lowest BCUT2D eigenvalue weighted by atomic mass is 9.95. The fourth-order valence-corrected chi connectivity index (χ4v) is 2.94. The third-order valence-electron chi connectivity index (χ3n) is 4.16. The molecule has 8 nitrogen and oxygen atoms in total. The van der Waals surface area contributed by atoms with Gasteiger partial charge in [0.05, 0.1) is 24.6 Å². The van der Waals surface area contributed by atoms with Gasteiger partial charge in [-0.2, -0.15) is 0 Å². The van der Waals surface area contributed by atoms with Crippen molar-refractivity contribution in [3.63, 3.8) is 0 Å². The molecule has 0 spiro atoms. The molecule has 0 radical (unpaired) electrons. The molecule has 23 heavy (non-hydrogen) atoms. The molecule has 124 valence electrons. The van der Waals surface area contributed by atoms with Gasteiger partial charge < -0.3 is 14.4 Å². The summed E-state index contributed by atoms with van der Waals surface area (Å²) < 4.78 is 9.81. The second-order valence-corrected chi connectivity index (χ2v) is 5.68. The maximum absolute atomic E-state index is 11.9. The molecule has 2 aliphatic rings. The van der Waals surface area contributed by atoms with Crippen molar-refractivity contribution in [1.29, 1.82) is 0 Å². The summed E-state index contributed by atoms with van der Waals surface area (Å²) in [5.74, 6) is 0.664. The van der Waals surface area contributed by atoms with Crippen LogP contribution in [0.3, 0.4) is 0 Å². The maximum atomic E-state index is 11.9. The molecule has 2 saturated heterocycles. The minimum absolute atomic E-state index is 0.00147. The van der Waals surface area contributed by atoms with Gasteiger partial charge in [-0.25, -0.2) is 9.78 Å². The van der Waals surface area contributed by atoms with E-state index >= 15 is 0 Å². The average Bonchev–Trinajstić information content (AvgIpc) is 3.01. The van der Waals surface area contributed by atoms with E-state index in [1.807, 2.05) is 4.90 Å². The Labute approximate surface area is 134 Å². The van der Waals surface area contributed by atoms with Crippen molar-refractivity contribution in [2.24, 2.45) is 0 Å². The fraction of sp³-hybridized carbons (Fsp3) is 0.600. The first kappa shape index (κ1) is 15.7. The predicted octanol–water partition coefficient (Wildman–Crippen LogP) is 0.786. The molecule has 2 aliphatic heterocycles. The summed E-state index contributed by atoms with van der Waals surface area (Å²) in [6, 6.07) is 0. The van der Waals surface area contributed by atoms with Crippen molar-refractivity contribution in [3.8, 4) is 0 Å². The number of amides is 2. The SMILES string of the molecule is COCC(=O)N1CCCC(c2cnc(N3CCOC3=O)cn2)C1. The maximum Gasteiger partial charge on any atom is 0.415 e. The van der Waals surface area contributed by atoms with Crippen LogP contribution in [-0.2, 0) is 14.3 Å². The highest BCUT2D eigenvalue weighted by Gasteiger charge is 2.27.